The summed E-state index contributed by atoms with van der Waals surface area (Å²) in [7, 11) is 0. The smallest absolute Gasteiger partial charge is 0.409 e. The quantitative estimate of drug-likeness (QED) is 0.559. The van der Waals surface area contributed by atoms with Crippen LogP contribution in [0.3, 0.4) is 0 Å². The van der Waals surface area contributed by atoms with E-state index in [0.717, 1.165) is 39.0 Å². The lowest BCUT2D eigenvalue weighted by Crippen LogP contribution is -2.48. The molecule has 1 aromatic rings. The normalized spacial score (nSPS) is 20.3. The highest BCUT2D eigenvalue weighted by Crippen LogP contribution is 2.21. The summed E-state index contributed by atoms with van der Waals surface area (Å²) in [6.07, 6.45) is 3.89. The number of carbonyl (C=O) groups is 1. The van der Waals surface area contributed by atoms with E-state index in [1.165, 1.54) is 17.7 Å². The van der Waals surface area contributed by atoms with Crippen LogP contribution < -0.4 is 11.1 Å². The van der Waals surface area contributed by atoms with Crippen LogP contribution in [0, 0.1) is 5.92 Å². The Labute approximate surface area is 171 Å². The molecule has 0 bridgehead atoms. The molecule has 2 aliphatic heterocycles. The molecule has 1 amide bonds. The zero-order chi connectivity index (χ0) is 19.8. The molecule has 28 heavy (non-hydrogen) atoms. The third-order valence-corrected chi connectivity index (χ3v) is 6.42. The Morgan fingerprint density at radius 2 is 2.04 bits per heavy atom. The zero-order valence-corrected chi connectivity index (χ0v) is 17.6. The van der Waals surface area contributed by atoms with Gasteiger partial charge in [0.15, 0.2) is 5.96 Å². The molecule has 0 atom stereocenters. The summed E-state index contributed by atoms with van der Waals surface area (Å²) in [4.78, 5) is 22.1. The number of carbonyl (C=O) groups excluding carboxylic acids is 1. The number of hydrogen-bond acceptors (Lipinski definition) is 5. The zero-order valence-electron chi connectivity index (χ0n) is 16.8. The van der Waals surface area contributed by atoms with Crippen LogP contribution in [-0.4, -0.2) is 67.2 Å². The maximum Gasteiger partial charge on any atom is 0.409 e. The van der Waals surface area contributed by atoms with Crippen molar-refractivity contribution in [2.24, 2.45) is 16.6 Å². The largest absolute Gasteiger partial charge is 0.450 e. The van der Waals surface area contributed by atoms with E-state index in [2.05, 4.69) is 32.7 Å². The van der Waals surface area contributed by atoms with E-state index in [-0.39, 0.29) is 12.1 Å². The highest BCUT2D eigenvalue weighted by molar-refractivity contribution is 7.09. The molecule has 2 aliphatic rings. The Balaban J connectivity index is 1.32. The maximum atomic E-state index is 11.7. The van der Waals surface area contributed by atoms with Crippen molar-refractivity contribution in [3.63, 3.8) is 0 Å². The molecule has 0 radical (unpaired) electrons. The predicted octanol–water partition coefficient (Wildman–Crippen LogP) is 2.49. The van der Waals surface area contributed by atoms with Gasteiger partial charge in [-0.05, 0) is 63.1 Å². The molecule has 0 spiro atoms. The highest BCUT2D eigenvalue weighted by Gasteiger charge is 2.24. The average Bonchev–Trinajstić information content (AvgIpc) is 3.21. The molecule has 7 nitrogen and oxygen atoms in total. The van der Waals surface area contributed by atoms with Crippen LogP contribution >= 0.6 is 11.3 Å². The Morgan fingerprint density at radius 1 is 1.29 bits per heavy atom. The Hall–Kier alpha value is -1.80. The fraction of sp³-hybridized carbons (Fsp3) is 0.700. The van der Waals surface area contributed by atoms with Crippen LogP contribution in [0.1, 0.15) is 37.5 Å². The molecule has 3 N–H and O–H groups in total. The van der Waals surface area contributed by atoms with Crippen molar-refractivity contribution in [2.45, 2.75) is 45.2 Å². The summed E-state index contributed by atoms with van der Waals surface area (Å²) >= 11 is 1.84. The number of aliphatic imine (C=N–C) groups is 1. The van der Waals surface area contributed by atoms with Crippen molar-refractivity contribution < 1.29 is 9.53 Å². The molecular formula is C20H33N5O2S. The van der Waals surface area contributed by atoms with E-state index in [1.807, 2.05) is 18.3 Å². The number of guanidine groups is 1. The number of ether oxygens (including phenoxy) is 1. The molecule has 0 aliphatic carbocycles. The van der Waals surface area contributed by atoms with Crippen molar-refractivity contribution in [3.8, 4) is 0 Å². The monoisotopic (exact) mass is 407 g/mol. The lowest BCUT2D eigenvalue weighted by atomic mass is 9.97. The third-order valence-electron chi connectivity index (χ3n) is 5.56. The molecule has 156 valence electrons. The minimum absolute atomic E-state index is 0.215. The number of amides is 1. The second-order valence-corrected chi connectivity index (χ2v) is 8.66. The predicted molar refractivity (Wildman–Crippen MR) is 114 cm³/mol. The van der Waals surface area contributed by atoms with Crippen molar-refractivity contribution in [2.75, 3.05) is 39.3 Å². The summed E-state index contributed by atoms with van der Waals surface area (Å²) < 4.78 is 5.06. The van der Waals surface area contributed by atoms with Crippen molar-refractivity contribution in [1.29, 1.82) is 0 Å². The van der Waals surface area contributed by atoms with Crippen molar-refractivity contribution in [3.05, 3.63) is 22.4 Å². The first-order valence-corrected chi connectivity index (χ1v) is 11.2. The van der Waals surface area contributed by atoms with E-state index < -0.39 is 0 Å². The van der Waals surface area contributed by atoms with Crippen LogP contribution in [0.5, 0.6) is 0 Å². The SMILES string of the molecule is CCOC(=O)N1CCC(NC(N)=NCC2CCN(Cc3cccs3)CC2)CC1. The van der Waals surface area contributed by atoms with Gasteiger partial charge in [-0.3, -0.25) is 9.89 Å². The van der Waals surface area contributed by atoms with Crippen LogP contribution in [0.15, 0.2) is 22.5 Å². The van der Waals surface area contributed by atoms with Crippen LogP contribution in [0.2, 0.25) is 0 Å². The van der Waals surface area contributed by atoms with E-state index in [1.54, 1.807) is 4.90 Å². The lowest BCUT2D eigenvalue weighted by Gasteiger charge is -2.32. The fourth-order valence-electron chi connectivity index (χ4n) is 3.85. The third kappa shape index (κ3) is 6.38. The molecule has 0 aromatic carbocycles. The van der Waals surface area contributed by atoms with Gasteiger partial charge >= 0.3 is 6.09 Å². The number of nitrogens with two attached hydrogens (primary N) is 1. The Morgan fingerprint density at radius 3 is 2.68 bits per heavy atom. The number of nitrogens with one attached hydrogen (secondary N) is 1. The number of thiophene rings is 1. The van der Waals surface area contributed by atoms with Gasteiger partial charge in [-0.1, -0.05) is 6.07 Å². The fourth-order valence-corrected chi connectivity index (χ4v) is 4.60. The summed E-state index contributed by atoms with van der Waals surface area (Å²) in [5.41, 5.74) is 6.11. The minimum Gasteiger partial charge on any atom is -0.450 e. The molecule has 2 saturated heterocycles. The molecule has 1 aromatic heterocycles. The number of nitrogens with zero attached hydrogens (tertiary/aromatic N) is 3. The van der Waals surface area contributed by atoms with Gasteiger partial charge in [0.05, 0.1) is 6.61 Å². The van der Waals surface area contributed by atoms with Gasteiger partial charge in [-0.2, -0.15) is 0 Å². The van der Waals surface area contributed by atoms with Gasteiger partial charge < -0.3 is 20.7 Å². The summed E-state index contributed by atoms with van der Waals surface area (Å²) in [6.45, 7) is 7.80. The second-order valence-electron chi connectivity index (χ2n) is 7.63. The first-order chi connectivity index (χ1) is 13.6. The molecule has 3 heterocycles. The average molecular weight is 408 g/mol. The van der Waals surface area contributed by atoms with Crippen LogP contribution in [0.4, 0.5) is 4.79 Å². The Kier molecular flexibility index (Phi) is 7.97. The minimum atomic E-state index is -0.215. The van der Waals surface area contributed by atoms with E-state index >= 15 is 0 Å². The van der Waals surface area contributed by atoms with Crippen LogP contribution in [-0.2, 0) is 11.3 Å². The van der Waals surface area contributed by atoms with E-state index in [9.17, 15) is 4.79 Å². The molecule has 2 fully saturated rings. The van der Waals surface area contributed by atoms with Gasteiger partial charge in [-0.25, -0.2) is 4.79 Å². The van der Waals surface area contributed by atoms with Gasteiger partial charge in [0, 0.05) is 37.1 Å². The number of piperidine rings is 2. The van der Waals surface area contributed by atoms with Gasteiger partial charge in [-0.15, -0.1) is 11.3 Å². The van der Waals surface area contributed by atoms with Crippen LogP contribution in [0.25, 0.3) is 0 Å². The van der Waals surface area contributed by atoms with Gasteiger partial charge in [0.1, 0.15) is 0 Å². The second kappa shape index (κ2) is 10.7. The topological polar surface area (TPSA) is 83.2 Å². The summed E-state index contributed by atoms with van der Waals surface area (Å²) in [5, 5.41) is 5.47. The standard InChI is InChI=1S/C20H33N5O2S/c1-2-27-20(26)25-11-7-17(8-12-25)23-19(21)22-14-16-5-9-24(10-6-16)15-18-4-3-13-28-18/h3-4,13,16-17H,2,5-12,14-15H2,1H3,(H3,21,22,23). The number of hydrogen-bond donors (Lipinski definition) is 2. The molecule has 0 saturated carbocycles. The van der Waals surface area contributed by atoms with E-state index in [0.29, 0.717) is 31.6 Å². The van der Waals surface area contributed by atoms with Crippen molar-refractivity contribution in [1.82, 2.24) is 15.1 Å². The Bertz CT molecular complexity index is 621. The van der Waals surface area contributed by atoms with Crippen molar-refractivity contribution >= 4 is 23.4 Å². The number of rotatable bonds is 6. The summed E-state index contributed by atoms with van der Waals surface area (Å²) in [5.74, 6) is 1.15. The molecule has 3 rings (SSSR count). The maximum absolute atomic E-state index is 11.7. The molecular weight excluding hydrogens is 374 g/mol. The number of likely N-dealkylation sites (tertiary alicyclic amines) is 2. The molecule has 0 unspecified atom stereocenters. The first kappa shape index (κ1) is 20.9. The first-order valence-electron chi connectivity index (χ1n) is 10.4. The highest BCUT2D eigenvalue weighted by atomic mass is 32.1. The van der Waals surface area contributed by atoms with Gasteiger partial charge in [0.25, 0.3) is 0 Å². The lowest BCUT2D eigenvalue weighted by molar-refractivity contribution is 0.0963. The summed E-state index contributed by atoms with van der Waals surface area (Å²) in [6, 6.07) is 4.62. The van der Waals surface area contributed by atoms with Gasteiger partial charge in [0.2, 0.25) is 0 Å². The molecule has 8 heteroatoms. The van der Waals surface area contributed by atoms with E-state index in [4.69, 9.17) is 10.5 Å².